The topological polar surface area (TPSA) is 25.8 Å². The van der Waals surface area contributed by atoms with Crippen LogP contribution in [0.15, 0.2) is 28.9 Å². The molecule has 2 nitrogen and oxygen atoms in total. The average Bonchev–Trinajstić information content (AvgIpc) is 2.20. The van der Waals surface area contributed by atoms with Crippen molar-refractivity contribution in [3.05, 3.63) is 45.1 Å². The molecule has 0 radical (unpaired) electrons. The molecule has 0 aliphatic heterocycles. The van der Waals surface area contributed by atoms with Crippen LogP contribution in [-0.2, 0) is 0 Å². The van der Waals surface area contributed by atoms with Gasteiger partial charge in [-0.3, -0.25) is 0 Å². The number of hydrogen-bond acceptors (Lipinski definition) is 2. The quantitative estimate of drug-likeness (QED) is 0.738. The second-order valence-corrected chi connectivity index (χ2v) is 4.92. The molecule has 0 N–H and O–H groups in total. The molecule has 0 unspecified atom stereocenters. The Morgan fingerprint density at radius 1 is 1.12 bits per heavy atom. The van der Waals surface area contributed by atoms with E-state index >= 15 is 0 Å². The van der Waals surface area contributed by atoms with Crippen molar-refractivity contribution in [1.82, 2.24) is 9.97 Å². The highest BCUT2D eigenvalue weighted by atomic mass is 79.9. The third-order valence-corrected chi connectivity index (χ3v) is 3.28. The molecule has 1 aromatic heterocycles. The first kappa shape index (κ1) is 11.6. The van der Waals surface area contributed by atoms with Crippen molar-refractivity contribution in [2.24, 2.45) is 0 Å². The van der Waals surface area contributed by atoms with Gasteiger partial charge >= 0.3 is 0 Å². The van der Waals surface area contributed by atoms with Gasteiger partial charge in [-0.05, 0) is 41.9 Å². The molecular formula is C12H10BrClN2. The van der Waals surface area contributed by atoms with Gasteiger partial charge in [0.05, 0.1) is 4.47 Å². The van der Waals surface area contributed by atoms with Crippen molar-refractivity contribution in [2.45, 2.75) is 13.8 Å². The molecule has 0 atom stereocenters. The highest BCUT2D eigenvalue weighted by Gasteiger charge is 2.05. The van der Waals surface area contributed by atoms with Crippen LogP contribution in [-0.4, -0.2) is 9.97 Å². The largest absolute Gasteiger partial charge is 0.235 e. The first-order chi connectivity index (χ1) is 7.56. The SMILES string of the molecule is Cc1cc(C)cc(-c2ncc(Br)c(Cl)n2)c1. The van der Waals surface area contributed by atoms with Gasteiger partial charge in [0.15, 0.2) is 5.82 Å². The van der Waals surface area contributed by atoms with Crippen LogP contribution in [0.5, 0.6) is 0 Å². The van der Waals surface area contributed by atoms with Gasteiger partial charge in [-0.1, -0.05) is 28.8 Å². The van der Waals surface area contributed by atoms with Gasteiger partial charge in [0.1, 0.15) is 5.15 Å². The Morgan fingerprint density at radius 3 is 2.31 bits per heavy atom. The molecule has 0 fully saturated rings. The second-order valence-electron chi connectivity index (χ2n) is 3.71. The van der Waals surface area contributed by atoms with Crippen LogP contribution in [0.25, 0.3) is 11.4 Å². The molecule has 0 spiro atoms. The smallest absolute Gasteiger partial charge is 0.160 e. The molecule has 4 heteroatoms. The first-order valence-electron chi connectivity index (χ1n) is 4.83. The lowest BCUT2D eigenvalue weighted by molar-refractivity contribution is 1.16. The van der Waals surface area contributed by atoms with Gasteiger partial charge in [-0.15, -0.1) is 0 Å². The molecule has 2 aromatic rings. The summed E-state index contributed by atoms with van der Waals surface area (Å²) in [4.78, 5) is 8.48. The molecule has 0 aliphatic carbocycles. The molecular weight excluding hydrogens is 288 g/mol. The number of nitrogens with zero attached hydrogens (tertiary/aromatic N) is 2. The zero-order chi connectivity index (χ0) is 11.7. The molecule has 0 saturated carbocycles. The predicted octanol–water partition coefficient (Wildman–Crippen LogP) is 4.18. The molecule has 0 amide bonds. The summed E-state index contributed by atoms with van der Waals surface area (Å²) in [6.45, 7) is 4.11. The number of rotatable bonds is 1. The lowest BCUT2D eigenvalue weighted by Gasteiger charge is -2.04. The number of benzene rings is 1. The van der Waals surface area contributed by atoms with E-state index in [-0.39, 0.29) is 0 Å². The minimum atomic E-state index is 0.434. The van der Waals surface area contributed by atoms with Crippen molar-refractivity contribution in [3.63, 3.8) is 0 Å². The molecule has 0 bridgehead atoms. The fourth-order valence-corrected chi connectivity index (χ4v) is 1.91. The van der Waals surface area contributed by atoms with E-state index in [0.29, 0.717) is 15.5 Å². The Bertz CT molecular complexity index is 520. The highest BCUT2D eigenvalue weighted by molar-refractivity contribution is 9.10. The van der Waals surface area contributed by atoms with E-state index in [2.05, 4.69) is 45.8 Å². The molecule has 1 heterocycles. The van der Waals surface area contributed by atoms with E-state index in [4.69, 9.17) is 11.6 Å². The maximum atomic E-state index is 5.95. The Morgan fingerprint density at radius 2 is 1.75 bits per heavy atom. The van der Waals surface area contributed by atoms with E-state index < -0.39 is 0 Å². The number of aryl methyl sites for hydroxylation is 2. The fourth-order valence-electron chi connectivity index (χ4n) is 1.59. The number of aromatic nitrogens is 2. The summed E-state index contributed by atoms with van der Waals surface area (Å²) >= 11 is 9.22. The minimum Gasteiger partial charge on any atom is -0.235 e. The summed E-state index contributed by atoms with van der Waals surface area (Å²) in [6.07, 6.45) is 1.67. The van der Waals surface area contributed by atoms with Crippen LogP contribution in [0, 0.1) is 13.8 Å². The molecule has 82 valence electrons. The van der Waals surface area contributed by atoms with Crippen molar-refractivity contribution in [2.75, 3.05) is 0 Å². The molecule has 16 heavy (non-hydrogen) atoms. The third kappa shape index (κ3) is 2.42. The maximum Gasteiger partial charge on any atom is 0.160 e. The Labute approximate surface area is 108 Å². The van der Waals surface area contributed by atoms with Crippen LogP contribution >= 0.6 is 27.5 Å². The summed E-state index contributed by atoms with van der Waals surface area (Å²) in [7, 11) is 0. The summed E-state index contributed by atoms with van der Waals surface area (Å²) in [5.74, 6) is 0.653. The monoisotopic (exact) mass is 296 g/mol. The van der Waals surface area contributed by atoms with Crippen molar-refractivity contribution in [1.29, 1.82) is 0 Å². The standard InChI is InChI=1S/C12H10BrClN2/c1-7-3-8(2)5-9(4-7)12-15-6-10(13)11(14)16-12/h3-6H,1-2H3. The van der Waals surface area contributed by atoms with E-state index in [1.54, 1.807) is 6.20 Å². The van der Waals surface area contributed by atoms with Crippen LogP contribution in [0.2, 0.25) is 5.15 Å². The van der Waals surface area contributed by atoms with Gasteiger partial charge in [0.25, 0.3) is 0 Å². The Kier molecular flexibility index (Phi) is 3.26. The van der Waals surface area contributed by atoms with Gasteiger partial charge < -0.3 is 0 Å². The highest BCUT2D eigenvalue weighted by Crippen LogP contribution is 2.24. The first-order valence-corrected chi connectivity index (χ1v) is 6.00. The van der Waals surface area contributed by atoms with E-state index in [1.165, 1.54) is 11.1 Å². The third-order valence-electron chi connectivity index (χ3n) is 2.18. The van der Waals surface area contributed by atoms with Gasteiger partial charge in [-0.2, -0.15) is 0 Å². The molecule has 1 aromatic carbocycles. The maximum absolute atomic E-state index is 5.95. The Balaban J connectivity index is 2.54. The minimum absolute atomic E-state index is 0.434. The summed E-state index contributed by atoms with van der Waals surface area (Å²) in [5, 5.41) is 0.434. The van der Waals surface area contributed by atoms with E-state index in [1.807, 2.05) is 12.1 Å². The molecule has 0 saturated heterocycles. The summed E-state index contributed by atoms with van der Waals surface area (Å²) < 4.78 is 0.710. The lowest BCUT2D eigenvalue weighted by atomic mass is 10.1. The zero-order valence-electron chi connectivity index (χ0n) is 8.96. The second kappa shape index (κ2) is 4.52. The lowest BCUT2D eigenvalue weighted by Crippen LogP contribution is -1.91. The van der Waals surface area contributed by atoms with Crippen LogP contribution in [0.3, 0.4) is 0 Å². The van der Waals surface area contributed by atoms with Crippen LogP contribution < -0.4 is 0 Å². The zero-order valence-corrected chi connectivity index (χ0v) is 11.3. The fraction of sp³-hybridized carbons (Fsp3) is 0.167. The van der Waals surface area contributed by atoms with Gasteiger partial charge in [0.2, 0.25) is 0 Å². The molecule has 0 aliphatic rings. The normalized spacial score (nSPS) is 10.5. The van der Waals surface area contributed by atoms with E-state index in [9.17, 15) is 0 Å². The van der Waals surface area contributed by atoms with Crippen molar-refractivity contribution in [3.8, 4) is 11.4 Å². The van der Waals surface area contributed by atoms with Crippen LogP contribution in [0.1, 0.15) is 11.1 Å². The van der Waals surface area contributed by atoms with Crippen LogP contribution in [0.4, 0.5) is 0 Å². The Hall–Kier alpha value is -0.930. The predicted molar refractivity (Wildman–Crippen MR) is 69.7 cm³/mol. The number of halogens is 2. The average molecular weight is 298 g/mol. The van der Waals surface area contributed by atoms with Crippen molar-refractivity contribution < 1.29 is 0 Å². The molecule has 2 rings (SSSR count). The van der Waals surface area contributed by atoms with Crippen molar-refractivity contribution >= 4 is 27.5 Å². The summed E-state index contributed by atoms with van der Waals surface area (Å²) in [6, 6.07) is 6.21. The van der Waals surface area contributed by atoms with Gasteiger partial charge in [0, 0.05) is 11.8 Å². The summed E-state index contributed by atoms with van der Waals surface area (Å²) in [5.41, 5.74) is 3.38. The van der Waals surface area contributed by atoms with E-state index in [0.717, 1.165) is 5.56 Å². The van der Waals surface area contributed by atoms with Gasteiger partial charge in [-0.25, -0.2) is 9.97 Å². The number of hydrogen-bond donors (Lipinski definition) is 0.